The molecule has 23 heavy (non-hydrogen) atoms. The average molecular weight is 309 g/mol. The van der Waals surface area contributed by atoms with Gasteiger partial charge in [0.05, 0.1) is 7.11 Å². The lowest BCUT2D eigenvalue weighted by molar-refractivity contribution is -0.111. The summed E-state index contributed by atoms with van der Waals surface area (Å²) in [5.41, 5.74) is 1.60. The fraction of sp³-hybridized carbons (Fsp3) is 0.105. The topological polar surface area (TPSA) is 47.6 Å². The summed E-state index contributed by atoms with van der Waals surface area (Å²) in [7, 11) is 1.62. The molecule has 0 aromatic heterocycles. The van der Waals surface area contributed by atoms with Gasteiger partial charge in [-0.15, -0.1) is 0 Å². The van der Waals surface area contributed by atoms with Gasteiger partial charge in [-0.05, 0) is 35.9 Å². The maximum atomic E-state index is 12.0. The van der Waals surface area contributed by atoms with Gasteiger partial charge in [0, 0.05) is 17.8 Å². The molecule has 1 N–H and O–H groups in total. The highest BCUT2D eigenvalue weighted by molar-refractivity contribution is 6.02. The monoisotopic (exact) mass is 309 g/mol. The maximum absolute atomic E-state index is 12.0. The molecule has 0 spiro atoms. The Morgan fingerprint density at radius 1 is 1.17 bits per heavy atom. The van der Waals surface area contributed by atoms with E-state index in [0.29, 0.717) is 18.0 Å². The summed E-state index contributed by atoms with van der Waals surface area (Å²) in [6.45, 7) is 4.02. The third-order valence-electron chi connectivity index (χ3n) is 3.01. The van der Waals surface area contributed by atoms with Gasteiger partial charge >= 0.3 is 0 Å². The number of carbonyl (C=O) groups excluding carboxylic acids is 1. The molecule has 0 bridgehead atoms. The zero-order valence-electron chi connectivity index (χ0n) is 13.0. The van der Waals surface area contributed by atoms with Crippen LogP contribution in [0.3, 0.4) is 0 Å². The van der Waals surface area contributed by atoms with Crippen molar-refractivity contribution in [1.29, 1.82) is 0 Å². The van der Waals surface area contributed by atoms with Crippen LogP contribution in [0.15, 0.2) is 67.3 Å². The first-order valence-corrected chi connectivity index (χ1v) is 7.18. The third kappa shape index (κ3) is 5.36. The van der Waals surface area contributed by atoms with Crippen LogP contribution >= 0.6 is 0 Å². The van der Waals surface area contributed by atoms with Gasteiger partial charge in [0.25, 0.3) is 0 Å². The van der Waals surface area contributed by atoms with Crippen LogP contribution in [0.4, 0.5) is 5.69 Å². The molecule has 118 valence electrons. The molecule has 0 aliphatic rings. The second-order valence-electron chi connectivity index (χ2n) is 4.72. The van der Waals surface area contributed by atoms with E-state index in [1.807, 2.05) is 36.4 Å². The number of carbonyl (C=O) groups is 1. The van der Waals surface area contributed by atoms with Crippen LogP contribution in [0.2, 0.25) is 0 Å². The Labute approximate surface area is 136 Å². The van der Waals surface area contributed by atoms with Gasteiger partial charge < -0.3 is 14.8 Å². The van der Waals surface area contributed by atoms with E-state index in [2.05, 4.69) is 11.9 Å². The summed E-state index contributed by atoms with van der Waals surface area (Å²) in [5, 5.41) is 2.80. The fourth-order valence-electron chi connectivity index (χ4n) is 1.89. The molecule has 2 aromatic rings. The first-order chi connectivity index (χ1) is 11.2. The quantitative estimate of drug-likeness (QED) is 0.623. The molecule has 0 aliphatic heterocycles. The zero-order valence-corrected chi connectivity index (χ0v) is 13.0. The third-order valence-corrected chi connectivity index (χ3v) is 3.01. The highest BCUT2D eigenvalue weighted by Gasteiger charge is 2.00. The predicted octanol–water partition coefficient (Wildman–Crippen LogP) is 3.91. The molecule has 0 aliphatic carbocycles. The van der Waals surface area contributed by atoms with Crippen LogP contribution in [0, 0.1) is 0 Å². The molecule has 0 fully saturated rings. The molecule has 0 radical (unpaired) electrons. The Balaban J connectivity index is 1.95. The lowest BCUT2D eigenvalue weighted by Gasteiger charge is -2.06. The molecule has 0 atom stereocenters. The van der Waals surface area contributed by atoms with Gasteiger partial charge in [0.1, 0.15) is 18.1 Å². The Bertz CT molecular complexity index is 690. The van der Waals surface area contributed by atoms with E-state index in [1.54, 1.807) is 31.4 Å². The SMILES string of the molecule is C=CCOc1cccc(NC(=O)/C=C/c2ccc(OC)cc2)c1. The van der Waals surface area contributed by atoms with Crippen molar-refractivity contribution in [1.82, 2.24) is 0 Å². The number of amides is 1. The Morgan fingerprint density at radius 2 is 1.96 bits per heavy atom. The Kier molecular flexibility index (Phi) is 6.00. The molecular weight excluding hydrogens is 290 g/mol. The smallest absolute Gasteiger partial charge is 0.248 e. The van der Waals surface area contributed by atoms with Crippen LogP contribution in [0.5, 0.6) is 11.5 Å². The predicted molar refractivity (Wildman–Crippen MR) is 92.8 cm³/mol. The van der Waals surface area contributed by atoms with Crippen molar-refractivity contribution >= 4 is 17.7 Å². The van der Waals surface area contributed by atoms with Crippen molar-refractivity contribution in [2.24, 2.45) is 0 Å². The molecule has 4 heteroatoms. The number of hydrogen-bond donors (Lipinski definition) is 1. The maximum Gasteiger partial charge on any atom is 0.248 e. The van der Waals surface area contributed by atoms with E-state index in [1.165, 1.54) is 6.08 Å². The minimum absolute atomic E-state index is 0.207. The number of anilines is 1. The fourth-order valence-corrected chi connectivity index (χ4v) is 1.89. The average Bonchev–Trinajstić information content (AvgIpc) is 2.59. The zero-order chi connectivity index (χ0) is 16.5. The van der Waals surface area contributed by atoms with Gasteiger partial charge in [-0.2, -0.15) is 0 Å². The number of nitrogens with one attached hydrogen (secondary N) is 1. The van der Waals surface area contributed by atoms with Gasteiger partial charge in [0.15, 0.2) is 0 Å². The molecule has 0 saturated heterocycles. The molecule has 1 amide bonds. The normalized spacial score (nSPS) is 10.3. The van der Waals surface area contributed by atoms with E-state index < -0.39 is 0 Å². The number of methoxy groups -OCH3 is 1. The first-order valence-electron chi connectivity index (χ1n) is 7.18. The molecule has 0 unspecified atom stereocenters. The molecule has 2 aromatic carbocycles. The summed E-state index contributed by atoms with van der Waals surface area (Å²) in [4.78, 5) is 12.0. The summed E-state index contributed by atoms with van der Waals surface area (Å²) in [6, 6.07) is 14.7. The van der Waals surface area contributed by atoms with Gasteiger partial charge in [-0.25, -0.2) is 0 Å². The molecule has 0 saturated carbocycles. The molecule has 4 nitrogen and oxygen atoms in total. The van der Waals surface area contributed by atoms with Crippen LogP contribution in [-0.2, 0) is 4.79 Å². The summed E-state index contributed by atoms with van der Waals surface area (Å²) in [6.07, 6.45) is 4.90. The molecular formula is C19H19NO3. The minimum atomic E-state index is -0.207. The lowest BCUT2D eigenvalue weighted by atomic mass is 10.2. The Morgan fingerprint density at radius 3 is 2.65 bits per heavy atom. The van der Waals surface area contributed by atoms with E-state index in [4.69, 9.17) is 9.47 Å². The molecule has 2 rings (SSSR count). The molecule has 0 heterocycles. The van der Waals surface area contributed by atoms with Crippen molar-refractivity contribution in [3.8, 4) is 11.5 Å². The van der Waals surface area contributed by atoms with Crippen molar-refractivity contribution < 1.29 is 14.3 Å². The van der Waals surface area contributed by atoms with Gasteiger partial charge in [-0.1, -0.05) is 30.9 Å². The van der Waals surface area contributed by atoms with Crippen LogP contribution in [0.1, 0.15) is 5.56 Å². The summed E-state index contributed by atoms with van der Waals surface area (Å²) >= 11 is 0. The number of hydrogen-bond acceptors (Lipinski definition) is 3. The van der Waals surface area contributed by atoms with Crippen molar-refractivity contribution in [3.05, 3.63) is 72.8 Å². The van der Waals surface area contributed by atoms with E-state index in [0.717, 1.165) is 11.3 Å². The van der Waals surface area contributed by atoms with Crippen molar-refractivity contribution in [2.75, 3.05) is 19.0 Å². The highest BCUT2D eigenvalue weighted by atomic mass is 16.5. The van der Waals surface area contributed by atoms with E-state index in [-0.39, 0.29) is 5.91 Å². The number of rotatable bonds is 7. The summed E-state index contributed by atoms with van der Waals surface area (Å²) in [5.74, 6) is 1.26. The van der Waals surface area contributed by atoms with E-state index >= 15 is 0 Å². The van der Waals surface area contributed by atoms with E-state index in [9.17, 15) is 4.79 Å². The van der Waals surface area contributed by atoms with Crippen LogP contribution in [-0.4, -0.2) is 19.6 Å². The van der Waals surface area contributed by atoms with Crippen molar-refractivity contribution in [2.45, 2.75) is 0 Å². The number of benzene rings is 2. The second-order valence-corrected chi connectivity index (χ2v) is 4.72. The van der Waals surface area contributed by atoms with Gasteiger partial charge in [-0.3, -0.25) is 4.79 Å². The van der Waals surface area contributed by atoms with Crippen molar-refractivity contribution in [3.63, 3.8) is 0 Å². The first kappa shape index (κ1) is 16.4. The van der Waals surface area contributed by atoms with Crippen LogP contribution < -0.4 is 14.8 Å². The highest BCUT2D eigenvalue weighted by Crippen LogP contribution is 2.17. The Hall–Kier alpha value is -3.01. The lowest BCUT2D eigenvalue weighted by Crippen LogP contribution is -2.07. The second kappa shape index (κ2) is 8.44. The van der Waals surface area contributed by atoms with Crippen LogP contribution in [0.25, 0.3) is 6.08 Å². The minimum Gasteiger partial charge on any atom is -0.497 e. The largest absolute Gasteiger partial charge is 0.497 e. The summed E-state index contributed by atoms with van der Waals surface area (Å²) < 4.78 is 10.5. The van der Waals surface area contributed by atoms with Gasteiger partial charge in [0.2, 0.25) is 5.91 Å². The standard InChI is InChI=1S/C19H19NO3/c1-3-13-23-18-6-4-5-16(14-18)20-19(21)12-9-15-7-10-17(22-2)11-8-15/h3-12,14H,1,13H2,2H3,(H,20,21)/b12-9+. The number of ether oxygens (including phenoxy) is 2.